The van der Waals surface area contributed by atoms with Crippen molar-refractivity contribution in [2.75, 3.05) is 47.8 Å². The Morgan fingerprint density at radius 3 is 2.40 bits per heavy atom. The van der Waals surface area contributed by atoms with E-state index in [0.29, 0.717) is 6.04 Å². The van der Waals surface area contributed by atoms with Crippen molar-refractivity contribution in [2.45, 2.75) is 18.9 Å². The predicted octanol–water partition coefficient (Wildman–Crippen LogP) is 2.87. The lowest BCUT2D eigenvalue weighted by Crippen LogP contribution is -2.28. The van der Waals surface area contributed by atoms with E-state index in [0.717, 1.165) is 31.1 Å². The monoisotopic (exact) mass is 297 g/mol. The fraction of sp³-hybridized carbons (Fsp3) is 0.625. The van der Waals surface area contributed by atoms with Gasteiger partial charge in [-0.15, -0.1) is 0 Å². The zero-order valence-electron chi connectivity index (χ0n) is 13.2. The summed E-state index contributed by atoms with van der Waals surface area (Å²) in [7, 11) is 8.43. The maximum absolute atomic E-state index is 6.27. The first-order valence-electron chi connectivity index (χ1n) is 7.29. The molecule has 1 N–H and O–H groups in total. The van der Waals surface area contributed by atoms with Crippen LogP contribution in [0.5, 0.6) is 0 Å². The van der Waals surface area contributed by atoms with Crippen molar-refractivity contribution < 1.29 is 0 Å². The maximum atomic E-state index is 6.27. The Bertz CT molecular complexity index is 382. The molecular weight excluding hydrogens is 270 g/mol. The summed E-state index contributed by atoms with van der Waals surface area (Å²) in [5.74, 6) is 0. The van der Waals surface area contributed by atoms with Crippen LogP contribution in [0, 0.1) is 0 Å². The van der Waals surface area contributed by atoms with E-state index in [9.17, 15) is 0 Å². The van der Waals surface area contributed by atoms with Crippen molar-refractivity contribution in [3.05, 3.63) is 34.9 Å². The summed E-state index contributed by atoms with van der Waals surface area (Å²) < 4.78 is 0. The third-order valence-electron chi connectivity index (χ3n) is 3.57. The van der Waals surface area contributed by atoms with E-state index in [1.807, 2.05) is 25.2 Å². The molecule has 0 radical (unpaired) electrons. The quantitative estimate of drug-likeness (QED) is 0.756. The van der Waals surface area contributed by atoms with Gasteiger partial charge < -0.3 is 15.1 Å². The van der Waals surface area contributed by atoms with Gasteiger partial charge in [-0.3, -0.25) is 0 Å². The van der Waals surface area contributed by atoms with Gasteiger partial charge in [0.15, 0.2) is 0 Å². The van der Waals surface area contributed by atoms with Gasteiger partial charge in [-0.25, -0.2) is 0 Å². The molecule has 0 spiro atoms. The number of nitrogens with zero attached hydrogens (tertiary/aromatic N) is 2. The summed E-state index contributed by atoms with van der Waals surface area (Å²) in [5.41, 5.74) is 1.19. The summed E-state index contributed by atoms with van der Waals surface area (Å²) in [4.78, 5) is 4.62. The molecule has 114 valence electrons. The SMILES string of the molecule is CNC(CCN(C)CCCN(C)C)c1ccccc1Cl. The number of rotatable bonds is 9. The summed E-state index contributed by atoms with van der Waals surface area (Å²) in [6.07, 6.45) is 2.28. The van der Waals surface area contributed by atoms with Gasteiger partial charge in [0.2, 0.25) is 0 Å². The van der Waals surface area contributed by atoms with Gasteiger partial charge in [-0.1, -0.05) is 29.8 Å². The third-order valence-corrected chi connectivity index (χ3v) is 3.92. The van der Waals surface area contributed by atoms with Crippen molar-refractivity contribution in [2.24, 2.45) is 0 Å². The topological polar surface area (TPSA) is 18.5 Å². The highest BCUT2D eigenvalue weighted by Gasteiger charge is 2.13. The Hall–Kier alpha value is -0.610. The number of hydrogen-bond donors (Lipinski definition) is 1. The molecule has 1 rings (SSSR count). The van der Waals surface area contributed by atoms with Crippen molar-refractivity contribution in [3.63, 3.8) is 0 Å². The highest BCUT2D eigenvalue weighted by atomic mass is 35.5. The Labute approximate surface area is 128 Å². The summed E-state index contributed by atoms with van der Waals surface area (Å²) in [6, 6.07) is 8.41. The second kappa shape index (κ2) is 9.35. The van der Waals surface area contributed by atoms with Crippen LogP contribution >= 0.6 is 11.6 Å². The molecule has 1 atom stereocenters. The molecule has 0 bridgehead atoms. The van der Waals surface area contributed by atoms with E-state index in [1.165, 1.54) is 12.0 Å². The molecule has 0 fully saturated rings. The van der Waals surface area contributed by atoms with Crippen LogP contribution in [0.15, 0.2) is 24.3 Å². The summed E-state index contributed by atoms with van der Waals surface area (Å²) in [5, 5.41) is 4.22. The first-order chi connectivity index (χ1) is 9.54. The Morgan fingerprint density at radius 2 is 1.80 bits per heavy atom. The fourth-order valence-corrected chi connectivity index (χ4v) is 2.60. The van der Waals surface area contributed by atoms with E-state index in [4.69, 9.17) is 11.6 Å². The van der Waals surface area contributed by atoms with Crippen molar-refractivity contribution >= 4 is 11.6 Å². The molecule has 1 aromatic carbocycles. The average Bonchev–Trinajstić information content (AvgIpc) is 2.41. The lowest BCUT2D eigenvalue weighted by Gasteiger charge is -2.23. The molecule has 1 unspecified atom stereocenters. The zero-order valence-corrected chi connectivity index (χ0v) is 14.0. The van der Waals surface area contributed by atoms with Gasteiger partial charge in [0.1, 0.15) is 0 Å². The van der Waals surface area contributed by atoms with Crippen LogP contribution in [0.25, 0.3) is 0 Å². The van der Waals surface area contributed by atoms with Crippen molar-refractivity contribution in [3.8, 4) is 0 Å². The molecule has 20 heavy (non-hydrogen) atoms. The summed E-state index contributed by atoms with van der Waals surface area (Å²) in [6.45, 7) is 3.35. The van der Waals surface area contributed by atoms with Gasteiger partial charge in [-0.05, 0) is 72.3 Å². The molecule has 0 saturated heterocycles. The molecule has 1 aromatic rings. The van der Waals surface area contributed by atoms with Crippen molar-refractivity contribution in [1.82, 2.24) is 15.1 Å². The lowest BCUT2D eigenvalue weighted by molar-refractivity contribution is 0.286. The molecule has 0 heterocycles. The third kappa shape index (κ3) is 6.23. The smallest absolute Gasteiger partial charge is 0.0453 e. The van der Waals surface area contributed by atoms with Gasteiger partial charge in [0, 0.05) is 11.1 Å². The van der Waals surface area contributed by atoms with E-state index in [1.54, 1.807) is 0 Å². The molecule has 0 aliphatic carbocycles. The van der Waals surface area contributed by atoms with Gasteiger partial charge >= 0.3 is 0 Å². The zero-order chi connectivity index (χ0) is 15.0. The van der Waals surface area contributed by atoms with Crippen LogP contribution in [0.4, 0.5) is 0 Å². The first-order valence-corrected chi connectivity index (χ1v) is 7.67. The largest absolute Gasteiger partial charge is 0.313 e. The standard InChI is InChI=1S/C16H28ClN3/c1-18-16(14-8-5-6-9-15(14)17)10-13-20(4)12-7-11-19(2)3/h5-6,8-9,16,18H,7,10-13H2,1-4H3. The van der Waals surface area contributed by atoms with Crippen LogP contribution in [0.2, 0.25) is 5.02 Å². The van der Waals surface area contributed by atoms with Gasteiger partial charge in [-0.2, -0.15) is 0 Å². The van der Waals surface area contributed by atoms with Crippen LogP contribution in [0.3, 0.4) is 0 Å². The maximum Gasteiger partial charge on any atom is 0.0453 e. The Balaban J connectivity index is 2.40. The normalized spacial score (nSPS) is 13.2. The molecule has 0 aliphatic rings. The van der Waals surface area contributed by atoms with E-state index < -0.39 is 0 Å². The molecule has 0 saturated carbocycles. The van der Waals surface area contributed by atoms with Crippen LogP contribution < -0.4 is 5.32 Å². The highest BCUT2D eigenvalue weighted by molar-refractivity contribution is 6.31. The van der Waals surface area contributed by atoms with E-state index in [-0.39, 0.29) is 0 Å². The van der Waals surface area contributed by atoms with Crippen molar-refractivity contribution in [1.29, 1.82) is 0 Å². The minimum absolute atomic E-state index is 0.319. The molecular formula is C16H28ClN3. The Kier molecular flexibility index (Phi) is 8.15. The summed E-state index contributed by atoms with van der Waals surface area (Å²) >= 11 is 6.27. The van der Waals surface area contributed by atoms with Crippen LogP contribution in [-0.2, 0) is 0 Å². The molecule has 0 amide bonds. The molecule has 0 aliphatic heterocycles. The Morgan fingerprint density at radius 1 is 1.10 bits per heavy atom. The second-order valence-electron chi connectivity index (χ2n) is 5.61. The highest BCUT2D eigenvalue weighted by Crippen LogP contribution is 2.24. The number of halogens is 1. The second-order valence-corrected chi connectivity index (χ2v) is 6.02. The van der Waals surface area contributed by atoms with Gasteiger partial charge in [0.25, 0.3) is 0 Å². The number of hydrogen-bond acceptors (Lipinski definition) is 3. The minimum Gasteiger partial charge on any atom is -0.313 e. The van der Waals surface area contributed by atoms with E-state index in [2.05, 4.69) is 42.3 Å². The average molecular weight is 298 g/mol. The van der Waals surface area contributed by atoms with Gasteiger partial charge in [0.05, 0.1) is 0 Å². The van der Waals surface area contributed by atoms with Crippen LogP contribution in [0.1, 0.15) is 24.4 Å². The lowest BCUT2D eigenvalue weighted by atomic mass is 10.0. The predicted molar refractivity (Wildman–Crippen MR) is 88.5 cm³/mol. The first kappa shape index (κ1) is 17.4. The van der Waals surface area contributed by atoms with E-state index >= 15 is 0 Å². The number of nitrogens with one attached hydrogen (secondary N) is 1. The molecule has 4 heteroatoms. The molecule has 0 aromatic heterocycles. The minimum atomic E-state index is 0.319. The molecule has 3 nitrogen and oxygen atoms in total. The fourth-order valence-electron chi connectivity index (χ4n) is 2.33. The number of benzene rings is 1. The van der Waals surface area contributed by atoms with Crippen LogP contribution in [-0.4, -0.2) is 57.6 Å².